The Kier molecular flexibility index (Phi) is 4.40. The summed E-state index contributed by atoms with van der Waals surface area (Å²) in [5, 5.41) is 5.99. The maximum atomic E-state index is 4.62. The molecular formula is C28H20N4. The van der Waals surface area contributed by atoms with Crippen molar-refractivity contribution >= 4 is 33.2 Å². The number of nitrogens with one attached hydrogen (secondary N) is 1. The molecule has 0 saturated carbocycles. The van der Waals surface area contributed by atoms with Gasteiger partial charge in [0.25, 0.3) is 0 Å². The van der Waals surface area contributed by atoms with Crippen LogP contribution in [0.2, 0.25) is 0 Å². The number of aromatic nitrogens is 3. The van der Waals surface area contributed by atoms with Crippen LogP contribution in [0.5, 0.6) is 0 Å². The van der Waals surface area contributed by atoms with Gasteiger partial charge in [-0.1, -0.05) is 48.5 Å². The molecule has 4 nitrogen and oxygen atoms in total. The second-order valence-corrected chi connectivity index (χ2v) is 7.69. The molecule has 0 atom stereocenters. The third-order valence-electron chi connectivity index (χ3n) is 5.66. The molecule has 0 spiro atoms. The van der Waals surface area contributed by atoms with E-state index in [4.69, 9.17) is 0 Å². The van der Waals surface area contributed by atoms with Crippen LogP contribution in [0.3, 0.4) is 0 Å². The highest BCUT2D eigenvalue weighted by Gasteiger charge is 2.13. The molecule has 3 aromatic carbocycles. The number of benzene rings is 3. The summed E-state index contributed by atoms with van der Waals surface area (Å²) in [7, 11) is 0. The molecule has 152 valence electrons. The van der Waals surface area contributed by atoms with Crippen molar-refractivity contribution in [1.82, 2.24) is 14.5 Å². The topological polar surface area (TPSA) is 42.7 Å². The summed E-state index contributed by atoms with van der Waals surface area (Å²) in [6.45, 7) is 0. The third-order valence-corrected chi connectivity index (χ3v) is 5.66. The van der Waals surface area contributed by atoms with Crippen LogP contribution in [-0.2, 0) is 0 Å². The minimum atomic E-state index is 0.910. The molecule has 3 heterocycles. The molecule has 0 amide bonds. The Balaban J connectivity index is 1.46. The Hall–Kier alpha value is -4.44. The van der Waals surface area contributed by atoms with E-state index in [1.165, 1.54) is 10.8 Å². The van der Waals surface area contributed by atoms with Gasteiger partial charge in [-0.15, -0.1) is 0 Å². The summed E-state index contributed by atoms with van der Waals surface area (Å²) < 4.78 is 2.22. The SMILES string of the molecule is c1ccc(-c2cccc(Nc3ccc4c5ccccc5n(-c5ccccn5)c4c3)c2)nc1. The Morgan fingerprint density at radius 1 is 0.562 bits per heavy atom. The Morgan fingerprint density at radius 3 is 2.19 bits per heavy atom. The summed E-state index contributed by atoms with van der Waals surface area (Å²) in [6.07, 6.45) is 3.65. The standard InChI is InChI=1S/C28H20N4/c1-2-12-26-23(10-1)24-15-14-22(19-27(24)32(26)28-13-4-6-17-30-28)31-21-9-7-8-20(18-21)25-11-3-5-16-29-25/h1-19,31H. The van der Waals surface area contributed by atoms with Gasteiger partial charge < -0.3 is 5.32 Å². The zero-order valence-electron chi connectivity index (χ0n) is 17.3. The molecule has 0 aliphatic heterocycles. The molecule has 0 aliphatic carbocycles. The Morgan fingerprint density at radius 2 is 1.34 bits per heavy atom. The number of hydrogen-bond donors (Lipinski definition) is 1. The largest absolute Gasteiger partial charge is 0.355 e. The van der Waals surface area contributed by atoms with E-state index in [2.05, 4.69) is 86.6 Å². The highest BCUT2D eigenvalue weighted by Crippen LogP contribution is 2.34. The van der Waals surface area contributed by atoms with E-state index in [9.17, 15) is 0 Å². The van der Waals surface area contributed by atoms with Crippen molar-refractivity contribution in [3.63, 3.8) is 0 Å². The lowest BCUT2D eigenvalue weighted by Crippen LogP contribution is -1.97. The molecule has 0 aliphatic rings. The minimum Gasteiger partial charge on any atom is -0.355 e. The lowest BCUT2D eigenvalue weighted by molar-refractivity contribution is 1.08. The van der Waals surface area contributed by atoms with Crippen molar-refractivity contribution in [1.29, 1.82) is 0 Å². The van der Waals surface area contributed by atoms with Crippen molar-refractivity contribution in [2.45, 2.75) is 0 Å². The number of anilines is 2. The van der Waals surface area contributed by atoms with E-state index in [0.717, 1.165) is 39.5 Å². The van der Waals surface area contributed by atoms with Gasteiger partial charge in [-0.3, -0.25) is 9.55 Å². The molecule has 0 radical (unpaired) electrons. The van der Waals surface area contributed by atoms with Gasteiger partial charge in [-0.2, -0.15) is 0 Å². The number of nitrogens with zero attached hydrogens (tertiary/aromatic N) is 3. The maximum Gasteiger partial charge on any atom is 0.137 e. The molecule has 0 fully saturated rings. The van der Waals surface area contributed by atoms with E-state index >= 15 is 0 Å². The minimum absolute atomic E-state index is 0.910. The first-order valence-corrected chi connectivity index (χ1v) is 10.6. The van der Waals surface area contributed by atoms with Gasteiger partial charge in [0.15, 0.2) is 0 Å². The van der Waals surface area contributed by atoms with Gasteiger partial charge in [0.05, 0.1) is 16.7 Å². The first kappa shape index (κ1) is 18.3. The quantitative estimate of drug-likeness (QED) is 0.339. The van der Waals surface area contributed by atoms with Gasteiger partial charge in [0.2, 0.25) is 0 Å². The molecule has 3 aromatic heterocycles. The van der Waals surface area contributed by atoms with Crippen LogP contribution in [0, 0.1) is 0 Å². The normalized spacial score (nSPS) is 11.1. The Bertz CT molecular complexity index is 1540. The molecule has 4 heteroatoms. The molecule has 32 heavy (non-hydrogen) atoms. The lowest BCUT2D eigenvalue weighted by atomic mass is 10.1. The summed E-state index contributed by atoms with van der Waals surface area (Å²) in [5.41, 5.74) is 6.36. The summed E-state index contributed by atoms with van der Waals surface area (Å²) in [5.74, 6) is 0.910. The smallest absolute Gasteiger partial charge is 0.137 e. The van der Waals surface area contributed by atoms with Crippen molar-refractivity contribution < 1.29 is 0 Å². The maximum absolute atomic E-state index is 4.62. The molecule has 0 saturated heterocycles. The summed E-state index contributed by atoms with van der Waals surface area (Å²) in [6, 6.07) is 35.3. The van der Waals surface area contributed by atoms with Crippen molar-refractivity contribution in [3.05, 3.63) is 116 Å². The van der Waals surface area contributed by atoms with E-state index < -0.39 is 0 Å². The zero-order valence-corrected chi connectivity index (χ0v) is 17.3. The fourth-order valence-corrected chi connectivity index (χ4v) is 4.24. The zero-order chi connectivity index (χ0) is 21.3. The number of pyridine rings is 2. The van der Waals surface area contributed by atoms with Crippen LogP contribution >= 0.6 is 0 Å². The van der Waals surface area contributed by atoms with Crippen LogP contribution in [0.25, 0.3) is 38.9 Å². The Labute approximate surface area is 185 Å². The molecule has 6 rings (SSSR count). The predicted molar refractivity (Wildman–Crippen MR) is 132 cm³/mol. The van der Waals surface area contributed by atoms with Crippen LogP contribution in [-0.4, -0.2) is 14.5 Å². The highest BCUT2D eigenvalue weighted by molar-refractivity contribution is 6.10. The number of hydrogen-bond acceptors (Lipinski definition) is 3. The van der Waals surface area contributed by atoms with Gasteiger partial charge in [-0.25, -0.2) is 4.98 Å². The van der Waals surface area contributed by atoms with E-state index in [1.807, 2.05) is 48.8 Å². The first-order chi connectivity index (χ1) is 15.9. The van der Waals surface area contributed by atoms with E-state index in [1.54, 1.807) is 0 Å². The van der Waals surface area contributed by atoms with E-state index in [0.29, 0.717) is 0 Å². The lowest BCUT2D eigenvalue weighted by Gasteiger charge is -2.10. The van der Waals surface area contributed by atoms with E-state index in [-0.39, 0.29) is 0 Å². The summed E-state index contributed by atoms with van der Waals surface area (Å²) in [4.78, 5) is 9.09. The molecule has 6 aromatic rings. The second kappa shape index (κ2) is 7.67. The fraction of sp³-hybridized carbons (Fsp3) is 0. The molecule has 0 unspecified atom stereocenters. The molecule has 0 bridgehead atoms. The molecule has 1 N–H and O–H groups in total. The van der Waals surface area contributed by atoms with Crippen molar-refractivity contribution in [2.24, 2.45) is 0 Å². The van der Waals surface area contributed by atoms with Crippen LogP contribution < -0.4 is 5.32 Å². The number of rotatable bonds is 4. The highest BCUT2D eigenvalue weighted by atomic mass is 15.1. The predicted octanol–water partition coefficient (Wildman–Crippen LogP) is 6.98. The number of para-hydroxylation sites is 1. The third kappa shape index (κ3) is 3.19. The second-order valence-electron chi connectivity index (χ2n) is 7.69. The average Bonchev–Trinajstić information content (AvgIpc) is 3.19. The van der Waals surface area contributed by atoms with Crippen LogP contribution in [0.4, 0.5) is 11.4 Å². The molecular weight excluding hydrogens is 392 g/mol. The first-order valence-electron chi connectivity index (χ1n) is 10.6. The van der Waals surface area contributed by atoms with Gasteiger partial charge >= 0.3 is 0 Å². The van der Waals surface area contributed by atoms with Crippen molar-refractivity contribution in [3.8, 4) is 17.1 Å². The van der Waals surface area contributed by atoms with Gasteiger partial charge in [0, 0.05) is 40.1 Å². The van der Waals surface area contributed by atoms with Crippen molar-refractivity contribution in [2.75, 3.05) is 5.32 Å². The average molecular weight is 412 g/mol. The van der Waals surface area contributed by atoms with Gasteiger partial charge in [0.1, 0.15) is 5.82 Å². The summed E-state index contributed by atoms with van der Waals surface area (Å²) >= 11 is 0. The van der Waals surface area contributed by atoms with Crippen LogP contribution in [0.1, 0.15) is 0 Å². The van der Waals surface area contributed by atoms with Crippen LogP contribution in [0.15, 0.2) is 116 Å². The number of fused-ring (bicyclic) bond motifs is 3. The monoisotopic (exact) mass is 412 g/mol. The fourth-order valence-electron chi connectivity index (χ4n) is 4.24. The van der Waals surface area contributed by atoms with Gasteiger partial charge in [-0.05, 0) is 54.6 Å².